The van der Waals surface area contributed by atoms with E-state index in [1.54, 1.807) is 18.2 Å². The first-order valence-electron chi connectivity index (χ1n) is 6.79. The van der Waals surface area contributed by atoms with Crippen LogP contribution in [0.5, 0.6) is 0 Å². The summed E-state index contributed by atoms with van der Waals surface area (Å²) in [5.74, 6) is 0. The number of hydrogen-bond acceptors (Lipinski definition) is 3. The molecule has 0 aliphatic heterocycles. The lowest BCUT2D eigenvalue weighted by Gasteiger charge is -2.24. The quantitative estimate of drug-likeness (QED) is 0.924. The molecule has 2 aromatic rings. The molecule has 1 N–H and O–H groups in total. The van der Waals surface area contributed by atoms with Gasteiger partial charge in [0, 0.05) is 6.54 Å². The number of nitrogens with zero attached hydrogens (tertiary/aromatic N) is 1. The number of aliphatic hydroxyl groups excluding tert-OH is 1. The largest absolute Gasteiger partial charge is 0.392 e. The highest BCUT2D eigenvalue weighted by Gasteiger charge is 2.24. The van der Waals surface area contributed by atoms with Crippen molar-refractivity contribution in [3.8, 4) is 0 Å². The van der Waals surface area contributed by atoms with Crippen LogP contribution >= 0.6 is 0 Å². The van der Waals surface area contributed by atoms with E-state index in [9.17, 15) is 8.42 Å². The lowest BCUT2D eigenvalue weighted by molar-refractivity contribution is 0.282. The van der Waals surface area contributed by atoms with Gasteiger partial charge in [-0.1, -0.05) is 30.3 Å². The summed E-state index contributed by atoms with van der Waals surface area (Å²) in [6, 6.07) is 13.7. The van der Waals surface area contributed by atoms with Gasteiger partial charge in [0.2, 0.25) is 0 Å². The first-order chi connectivity index (χ1) is 10.0. The van der Waals surface area contributed by atoms with E-state index in [1.165, 1.54) is 16.4 Å². The monoisotopic (exact) mass is 305 g/mol. The SMILES string of the molecule is CCN(c1ccccc1C)S(=O)(=O)c1ccc(CO)cc1. The second-order valence-corrected chi connectivity index (χ2v) is 6.62. The Hall–Kier alpha value is -1.85. The molecule has 5 heteroatoms. The Kier molecular flexibility index (Phi) is 4.65. The van der Waals surface area contributed by atoms with Crippen LogP contribution in [0, 0.1) is 6.92 Å². The molecule has 0 amide bonds. The molecule has 2 aromatic carbocycles. The summed E-state index contributed by atoms with van der Waals surface area (Å²) < 4.78 is 27.0. The maximum absolute atomic E-state index is 12.8. The van der Waals surface area contributed by atoms with Crippen molar-refractivity contribution in [3.63, 3.8) is 0 Å². The van der Waals surface area contributed by atoms with Gasteiger partial charge in [-0.2, -0.15) is 0 Å². The fourth-order valence-electron chi connectivity index (χ4n) is 2.21. The molecular formula is C16H19NO3S. The van der Waals surface area contributed by atoms with Crippen LogP contribution in [0.25, 0.3) is 0 Å². The molecule has 21 heavy (non-hydrogen) atoms. The van der Waals surface area contributed by atoms with Crippen LogP contribution in [-0.4, -0.2) is 20.1 Å². The summed E-state index contributed by atoms with van der Waals surface area (Å²) in [5.41, 5.74) is 2.29. The Bertz CT molecular complexity index is 709. The molecule has 0 spiro atoms. The molecule has 0 unspecified atom stereocenters. The predicted octanol–water partition coefficient (Wildman–Crippen LogP) is 2.70. The molecule has 112 valence electrons. The summed E-state index contributed by atoms with van der Waals surface area (Å²) in [5, 5.41) is 9.04. The second kappa shape index (κ2) is 6.28. The molecule has 0 aromatic heterocycles. The molecule has 0 heterocycles. The zero-order valence-electron chi connectivity index (χ0n) is 12.2. The topological polar surface area (TPSA) is 57.6 Å². The molecule has 0 atom stereocenters. The van der Waals surface area contributed by atoms with Crippen LogP contribution < -0.4 is 4.31 Å². The van der Waals surface area contributed by atoms with E-state index in [-0.39, 0.29) is 11.5 Å². The molecule has 0 radical (unpaired) electrons. The standard InChI is InChI=1S/C16H19NO3S/c1-3-17(16-7-5-4-6-13(16)2)21(19,20)15-10-8-14(12-18)9-11-15/h4-11,18H,3,12H2,1-2H3. The molecular weight excluding hydrogens is 286 g/mol. The molecule has 0 saturated carbocycles. The van der Waals surface area contributed by atoms with Gasteiger partial charge in [0.1, 0.15) is 0 Å². The van der Waals surface area contributed by atoms with Crippen LogP contribution in [-0.2, 0) is 16.6 Å². The maximum atomic E-state index is 12.8. The number of para-hydroxylation sites is 1. The normalized spacial score (nSPS) is 11.4. The number of hydrogen-bond donors (Lipinski definition) is 1. The molecule has 0 bridgehead atoms. The van der Waals surface area contributed by atoms with Crippen LogP contribution in [0.15, 0.2) is 53.4 Å². The predicted molar refractivity (Wildman–Crippen MR) is 83.7 cm³/mol. The number of sulfonamides is 1. The van der Waals surface area contributed by atoms with Gasteiger partial charge in [-0.3, -0.25) is 4.31 Å². The molecule has 4 nitrogen and oxygen atoms in total. The minimum Gasteiger partial charge on any atom is -0.392 e. The average molecular weight is 305 g/mol. The minimum absolute atomic E-state index is 0.102. The summed E-state index contributed by atoms with van der Waals surface area (Å²) in [4.78, 5) is 0.227. The van der Waals surface area contributed by atoms with Gasteiger partial charge in [0.25, 0.3) is 10.0 Å². The van der Waals surface area contributed by atoms with E-state index >= 15 is 0 Å². The van der Waals surface area contributed by atoms with Gasteiger partial charge in [0.15, 0.2) is 0 Å². The number of anilines is 1. The third kappa shape index (κ3) is 3.09. The Balaban J connectivity index is 2.47. The van der Waals surface area contributed by atoms with Crippen molar-refractivity contribution in [1.29, 1.82) is 0 Å². The first kappa shape index (κ1) is 15.5. The highest BCUT2D eigenvalue weighted by molar-refractivity contribution is 7.92. The summed E-state index contributed by atoms with van der Waals surface area (Å²) in [6.45, 7) is 3.96. The van der Waals surface area contributed by atoms with E-state index in [4.69, 9.17) is 5.11 Å². The van der Waals surface area contributed by atoms with Gasteiger partial charge in [0.05, 0.1) is 17.2 Å². The van der Waals surface area contributed by atoms with Gasteiger partial charge in [-0.15, -0.1) is 0 Å². The number of aryl methyl sites for hydroxylation is 1. The second-order valence-electron chi connectivity index (χ2n) is 4.76. The Morgan fingerprint density at radius 3 is 2.19 bits per heavy atom. The number of rotatable bonds is 5. The minimum atomic E-state index is -3.60. The van der Waals surface area contributed by atoms with Crippen molar-refractivity contribution >= 4 is 15.7 Å². The van der Waals surface area contributed by atoms with E-state index in [0.717, 1.165) is 5.56 Å². The zero-order chi connectivity index (χ0) is 15.5. The third-order valence-electron chi connectivity index (χ3n) is 3.37. The van der Waals surface area contributed by atoms with Crippen molar-refractivity contribution in [3.05, 3.63) is 59.7 Å². The molecule has 0 saturated heterocycles. The van der Waals surface area contributed by atoms with Crippen LogP contribution in [0.3, 0.4) is 0 Å². The average Bonchev–Trinajstić information content (AvgIpc) is 2.50. The first-order valence-corrected chi connectivity index (χ1v) is 8.23. The summed E-state index contributed by atoms with van der Waals surface area (Å²) in [6.07, 6.45) is 0. The number of aliphatic hydroxyl groups is 1. The van der Waals surface area contributed by atoms with E-state index in [0.29, 0.717) is 17.8 Å². The van der Waals surface area contributed by atoms with E-state index in [2.05, 4.69) is 0 Å². The molecule has 2 rings (SSSR count). The van der Waals surface area contributed by atoms with Gasteiger partial charge in [-0.05, 0) is 43.2 Å². The van der Waals surface area contributed by atoms with Crippen molar-refractivity contribution in [2.24, 2.45) is 0 Å². The van der Waals surface area contributed by atoms with Gasteiger partial charge >= 0.3 is 0 Å². The fraction of sp³-hybridized carbons (Fsp3) is 0.250. The third-order valence-corrected chi connectivity index (χ3v) is 5.27. The van der Waals surface area contributed by atoms with Crippen LogP contribution in [0.4, 0.5) is 5.69 Å². The Labute approximate surface area is 125 Å². The highest BCUT2D eigenvalue weighted by atomic mass is 32.2. The highest BCUT2D eigenvalue weighted by Crippen LogP contribution is 2.26. The van der Waals surface area contributed by atoms with Crippen LogP contribution in [0.2, 0.25) is 0 Å². The molecule has 0 aliphatic rings. The molecule has 0 aliphatic carbocycles. The summed E-state index contributed by atoms with van der Waals surface area (Å²) >= 11 is 0. The zero-order valence-corrected chi connectivity index (χ0v) is 13.0. The van der Waals surface area contributed by atoms with Crippen LogP contribution in [0.1, 0.15) is 18.1 Å². The van der Waals surface area contributed by atoms with Gasteiger partial charge in [-0.25, -0.2) is 8.42 Å². The van der Waals surface area contributed by atoms with Crippen molar-refractivity contribution in [1.82, 2.24) is 0 Å². The lowest BCUT2D eigenvalue weighted by atomic mass is 10.2. The van der Waals surface area contributed by atoms with Crippen molar-refractivity contribution in [2.45, 2.75) is 25.3 Å². The lowest BCUT2D eigenvalue weighted by Crippen LogP contribution is -2.31. The Morgan fingerprint density at radius 1 is 1.05 bits per heavy atom. The maximum Gasteiger partial charge on any atom is 0.264 e. The smallest absolute Gasteiger partial charge is 0.264 e. The Morgan fingerprint density at radius 2 is 1.67 bits per heavy atom. The van der Waals surface area contributed by atoms with E-state index in [1.807, 2.05) is 32.0 Å². The number of benzene rings is 2. The van der Waals surface area contributed by atoms with Crippen molar-refractivity contribution < 1.29 is 13.5 Å². The molecule has 0 fully saturated rings. The summed E-state index contributed by atoms with van der Waals surface area (Å²) in [7, 11) is -3.60. The fourth-order valence-corrected chi connectivity index (χ4v) is 3.75. The van der Waals surface area contributed by atoms with E-state index < -0.39 is 10.0 Å². The van der Waals surface area contributed by atoms with Gasteiger partial charge < -0.3 is 5.11 Å². The van der Waals surface area contributed by atoms with Crippen molar-refractivity contribution in [2.75, 3.05) is 10.8 Å².